The van der Waals surface area contributed by atoms with Crippen LogP contribution in [0.4, 0.5) is 0 Å². The molecule has 2 N–H and O–H groups in total. The van der Waals surface area contributed by atoms with Gasteiger partial charge in [-0.05, 0) is 57.9 Å². The molecule has 52 heavy (non-hydrogen) atoms. The number of hydrogen-bond donors (Lipinski definition) is 2. The van der Waals surface area contributed by atoms with Crippen molar-refractivity contribution in [2.75, 3.05) is 0 Å². The molecule has 0 unspecified atom stereocenters. The summed E-state index contributed by atoms with van der Waals surface area (Å²) >= 11 is 0. The Bertz CT molecular complexity index is 2590. The third-order valence-electron chi connectivity index (χ3n) is 8.98. The van der Waals surface area contributed by atoms with Crippen LogP contribution in [0.15, 0.2) is 158 Å². The van der Waals surface area contributed by atoms with Gasteiger partial charge in [-0.15, -0.1) is 0 Å². The molecule has 9 rings (SSSR count). The molecule has 0 atom stereocenters. The van der Waals surface area contributed by atoms with Crippen molar-refractivity contribution in [2.45, 2.75) is 0 Å². The normalized spacial score (nSPS) is 11.2. The maximum absolute atomic E-state index is 10.7. The number of phenolic OH excluding ortho intramolecular Hbond substituents is 2. The summed E-state index contributed by atoms with van der Waals surface area (Å²) in [5, 5.41) is 25.8. The van der Waals surface area contributed by atoms with E-state index in [2.05, 4.69) is 36.4 Å². The van der Waals surface area contributed by atoms with Gasteiger partial charge in [-0.3, -0.25) is 0 Å². The first-order valence-electron chi connectivity index (χ1n) is 16.7. The van der Waals surface area contributed by atoms with Gasteiger partial charge in [0, 0.05) is 22.3 Å². The number of rotatable bonds is 6. The highest BCUT2D eigenvalue weighted by Crippen LogP contribution is 2.33. The number of para-hydroxylation sites is 2. The second kappa shape index (κ2) is 12.9. The van der Waals surface area contributed by atoms with E-state index in [9.17, 15) is 10.2 Å². The number of nitrogens with zero attached hydrogens (tertiary/aromatic N) is 6. The first-order chi connectivity index (χ1) is 25.6. The van der Waals surface area contributed by atoms with E-state index in [4.69, 9.17) is 29.9 Å². The van der Waals surface area contributed by atoms with Crippen LogP contribution in [0.2, 0.25) is 0 Å². The summed E-state index contributed by atoms with van der Waals surface area (Å²) < 4.78 is 0. The van der Waals surface area contributed by atoms with E-state index in [-0.39, 0.29) is 11.5 Å². The highest BCUT2D eigenvalue weighted by molar-refractivity contribution is 5.88. The highest BCUT2D eigenvalue weighted by Gasteiger charge is 2.17. The monoisotopic (exact) mass is 672 g/mol. The summed E-state index contributed by atoms with van der Waals surface area (Å²) in [5.41, 5.74) is 4.17. The maximum atomic E-state index is 10.7. The van der Waals surface area contributed by atoms with Crippen LogP contribution in [0.5, 0.6) is 11.5 Å². The van der Waals surface area contributed by atoms with E-state index >= 15 is 0 Å². The average molecular weight is 673 g/mol. The van der Waals surface area contributed by atoms with Crippen molar-refractivity contribution in [1.29, 1.82) is 0 Å². The Labute approximate surface area is 298 Å². The zero-order valence-corrected chi connectivity index (χ0v) is 27.6. The predicted octanol–water partition coefficient (Wildman–Crippen LogP) is 9.78. The van der Waals surface area contributed by atoms with Crippen LogP contribution >= 0.6 is 0 Å². The second-order valence-electron chi connectivity index (χ2n) is 12.3. The SMILES string of the molecule is Oc1ccccc1-c1nc(-c2ccc(-c3nc(-c4ccc5ccccc5c4)nc(-c4ccccc4O)n3)cc2)nc(-c2ccc3ccccc3c2)n1. The van der Waals surface area contributed by atoms with Crippen molar-refractivity contribution in [3.63, 3.8) is 0 Å². The van der Waals surface area contributed by atoms with Gasteiger partial charge in [0.15, 0.2) is 34.9 Å². The lowest BCUT2D eigenvalue weighted by atomic mass is 10.1. The van der Waals surface area contributed by atoms with Crippen molar-refractivity contribution in [1.82, 2.24) is 29.9 Å². The van der Waals surface area contributed by atoms with Crippen molar-refractivity contribution >= 4 is 21.5 Å². The average Bonchev–Trinajstić information content (AvgIpc) is 3.20. The molecule has 0 aliphatic heterocycles. The minimum absolute atomic E-state index is 0.0803. The van der Waals surface area contributed by atoms with Gasteiger partial charge in [0.2, 0.25) is 0 Å². The Morgan fingerprint density at radius 3 is 0.981 bits per heavy atom. The second-order valence-corrected chi connectivity index (χ2v) is 12.3. The van der Waals surface area contributed by atoms with Crippen LogP contribution in [0.25, 0.3) is 89.9 Å². The van der Waals surface area contributed by atoms with Crippen LogP contribution in [0, 0.1) is 0 Å². The van der Waals surface area contributed by atoms with Gasteiger partial charge >= 0.3 is 0 Å². The lowest BCUT2D eigenvalue weighted by Gasteiger charge is -2.11. The standard InChI is InChI=1S/C44H28N6O2/c51-37-15-7-5-13-35(37)43-47-39(45-41(49-43)33-23-17-27-9-1-3-11-31(27)25-33)29-19-21-30(22-20-29)40-46-42(34-24-18-28-10-2-4-12-32(28)26-34)50-44(48-40)36-14-6-8-16-38(36)52/h1-26,51-52H. The zero-order valence-electron chi connectivity index (χ0n) is 27.6. The lowest BCUT2D eigenvalue weighted by Crippen LogP contribution is -2.01. The topological polar surface area (TPSA) is 118 Å². The first-order valence-corrected chi connectivity index (χ1v) is 16.7. The summed E-state index contributed by atoms with van der Waals surface area (Å²) in [7, 11) is 0. The van der Waals surface area contributed by atoms with E-state index in [1.54, 1.807) is 36.4 Å². The van der Waals surface area contributed by atoms with Gasteiger partial charge < -0.3 is 10.2 Å². The minimum Gasteiger partial charge on any atom is -0.507 e. The molecule has 0 radical (unpaired) electrons. The molecule has 9 aromatic rings. The number of benzene rings is 7. The Balaban J connectivity index is 1.15. The molecule has 0 spiro atoms. The van der Waals surface area contributed by atoms with Crippen molar-refractivity contribution in [3.05, 3.63) is 158 Å². The fraction of sp³-hybridized carbons (Fsp3) is 0. The van der Waals surface area contributed by atoms with E-state index < -0.39 is 0 Å². The van der Waals surface area contributed by atoms with Gasteiger partial charge in [0.05, 0.1) is 11.1 Å². The Morgan fingerprint density at radius 2 is 0.577 bits per heavy atom. The number of hydrogen-bond acceptors (Lipinski definition) is 8. The van der Waals surface area contributed by atoms with Gasteiger partial charge in [0.25, 0.3) is 0 Å². The molecule has 0 bridgehead atoms. The Kier molecular flexibility index (Phi) is 7.59. The van der Waals surface area contributed by atoms with Crippen LogP contribution in [0.1, 0.15) is 0 Å². The molecular formula is C44H28N6O2. The molecule has 2 aromatic heterocycles. The molecule has 0 aliphatic rings. The van der Waals surface area contributed by atoms with Crippen molar-refractivity contribution < 1.29 is 10.2 Å². The van der Waals surface area contributed by atoms with Crippen LogP contribution in [-0.2, 0) is 0 Å². The molecular weight excluding hydrogens is 645 g/mol. The summed E-state index contributed by atoms with van der Waals surface area (Å²) in [4.78, 5) is 29.1. The molecule has 0 amide bonds. The van der Waals surface area contributed by atoms with Crippen LogP contribution in [-0.4, -0.2) is 40.1 Å². The third kappa shape index (κ3) is 5.84. The molecule has 7 aromatic carbocycles. The van der Waals surface area contributed by atoms with Crippen LogP contribution in [0.3, 0.4) is 0 Å². The minimum atomic E-state index is 0.0803. The molecule has 0 fully saturated rings. The smallest absolute Gasteiger partial charge is 0.167 e. The summed E-state index contributed by atoms with van der Waals surface area (Å²) in [6, 6.07) is 50.2. The molecule has 246 valence electrons. The fourth-order valence-electron chi connectivity index (χ4n) is 6.26. The number of phenols is 2. The van der Waals surface area contributed by atoms with Crippen LogP contribution < -0.4 is 0 Å². The van der Waals surface area contributed by atoms with E-state index in [1.807, 2.05) is 84.9 Å². The maximum Gasteiger partial charge on any atom is 0.167 e. The summed E-state index contributed by atoms with van der Waals surface area (Å²) in [6.07, 6.45) is 0. The Hall–Kier alpha value is -7.32. The lowest BCUT2D eigenvalue weighted by molar-refractivity contribution is 0.476. The Morgan fingerprint density at radius 1 is 0.269 bits per heavy atom. The van der Waals surface area contributed by atoms with Crippen molar-refractivity contribution in [3.8, 4) is 79.8 Å². The van der Waals surface area contributed by atoms with Gasteiger partial charge in [-0.1, -0.05) is 121 Å². The summed E-state index contributed by atoms with van der Waals surface area (Å²) in [5.74, 6) is 2.76. The van der Waals surface area contributed by atoms with Crippen molar-refractivity contribution in [2.24, 2.45) is 0 Å². The highest BCUT2D eigenvalue weighted by atomic mass is 16.3. The zero-order chi connectivity index (χ0) is 35.0. The van der Waals surface area contributed by atoms with Gasteiger partial charge in [-0.2, -0.15) is 0 Å². The number of aromatic hydroxyl groups is 2. The number of aromatic nitrogens is 6. The van der Waals surface area contributed by atoms with E-state index in [1.165, 1.54) is 0 Å². The molecule has 2 heterocycles. The molecule has 0 saturated carbocycles. The summed E-state index contributed by atoms with van der Waals surface area (Å²) in [6.45, 7) is 0. The van der Waals surface area contributed by atoms with E-state index in [0.717, 1.165) is 43.8 Å². The van der Waals surface area contributed by atoms with Gasteiger partial charge in [-0.25, -0.2) is 29.9 Å². The largest absolute Gasteiger partial charge is 0.507 e. The number of fused-ring (bicyclic) bond motifs is 2. The molecule has 0 saturated heterocycles. The van der Waals surface area contributed by atoms with E-state index in [0.29, 0.717) is 46.1 Å². The fourth-order valence-corrected chi connectivity index (χ4v) is 6.26. The third-order valence-corrected chi connectivity index (χ3v) is 8.98. The van der Waals surface area contributed by atoms with Gasteiger partial charge in [0.1, 0.15) is 11.5 Å². The molecule has 0 aliphatic carbocycles. The quantitative estimate of drug-likeness (QED) is 0.179. The first kappa shape index (κ1) is 30.7. The molecule has 8 heteroatoms. The predicted molar refractivity (Wildman–Crippen MR) is 204 cm³/mol. The molecule has 8 nitrogen and oxygen atoms in total.